The highest BCUT2D eigenvalue weighted by molar-refractivity contribution is 5.47. The first-order chi connectivity index (χ1) is 9.98. The number of likely N-dealkylation sites (N-methyl/N-ethyl adjacent to an activating group) is 1. The van der Waals surface area contributed by atoms with Crippen molar-refractivity contribution < 1.29 is 8.78 Å². The van der Waals surface area contributed by atoms with Crippen molar-refractivity contribution in [3.8, 4) is 0 Å². The van der Waals surface area contributed by atoms with Crippen molar-refractivity contribution in [2.24, 2.45) is 0 Å². The molecule has 2 rings (SSSR count). The minimum absolute atomic E-state index is 0.0551. The molecule has 1 saturated carbocycles. The average Bonchev–Trinajstić information content (AvgIpc) is 2.38. The van der Waals surface area contributed by atoms with Crippen molar-refractivity contribution >= 4 is 11.6 Å². The summed E-state index contributed by atoms with van der Waals surface area (Å²) >= 11 is 0. The van der Waals surface area contributed by atoms with Crippen molar-refractivity contribution in [2.45, 2.75) is 38.1 Å². The van der Waals surface area contributed by atoms with Gasteiger partial charge in [0.15, 0.2) is 23.3 Å². The van der Waals surface area contributed by atoms with Gasteiger partial charge in [-0.3, -0.25) is 0 Å². The maximum atomic E-state index is 13.8. The monoisotopic (exact) mass is 298 g/mol. The molecular weight excluding hydrogens is 274 g/mol. The second-order valence-electron chi connectivity index (χ2n) is 5.90. The molecule has 0 atom stereocenters. The van der Waals surface area contributed by atoms with Crippen LogP contribution in [-0.4, -0.2) is 42.6 Å². The molecule has 1 heterocycles. The van der Waals surface area contributed by atoms with Crippen LogP contribution < -0.4 is 10.6 Å². The largest absolute Gasteiger partial charge is 0.368 e. The second kappa shape index (κ2) is 6.56. The molecule has 1 aromatic rings. The molecular formula is C15H24F2N4. The quantitative estimate of drug-likeness (QED) is 0.811. The van der Waals surface area contributed by atoms with Crippen LogP contribution >= 0.6 is 0 Å². The molecule has 2 N–H and O–H groups in total. The third-order valence-electron chi connectivity index (χ3n) is 4.29. The number of nitrogens with one attached hydrogen (secondary N) is 2. The number of pyridine rings is 1. The van der Waals surface area contributed by atoms with E-state index in [4.69, 9.17) is 0 Å². The number of hydrogen-bond donors (Lipinski definition) is 2. The van der Waals surface area contributed by atoms with Crippen LogP contribution in [0, 0.1) is 11.6 Å². The Hall–Kier alpha value is -1.43. The SMILES string of the molecule is CCCNc1nc(NCC2(N(C)C)CCC2)c(F)cc1F. The molecule has 0 saturated heterocycles. The van der Waals surface area contributed by atoms with Gasteiger partial charge < -0.3 is 15.5 Å². The molecule has 0 aromatic carbocycles. The molecule has 21 heavy (non-hydrogen) atoms. The highest BCUT2D eigenvalue weighted by atomic mass is 19.1. The van der Waals surface area contributed by atoms with Crippen molar-refractivity contribution in [1.82, 2.24) is 9.88 Å². The van der Waals surface area contributed by atoms with Crippen LogP contribution in [0.1, 0.15) is 32.6 Å². The highest BCUT2D eigenvalue weighted by Gasteiger charge is 2.39. The Morgan fingerprint density at radius 2 is 1.81 bits per heavy atom. The van der Waals surface area contributed by atoms with Crippen LogP contribution in [0.3, 0.4) is 0 Å². The zero-order chi connectivity index (χ0) is 15.5. The lowest BCUT2D eigenvalue weighted by atomic mass is 9.75. The Kier molecular flexibility index (Phi) is 4.98. The van der Waals surface area contributed by atoms with Gasteiger partial charge in [-0.05, 0) is 39.8 Å². The first-order valence-electron chi connectivity index (χ1n) is 7.50. The number of rotatable bonds is 7. The average molecular weight is 298 g/mol. The summed E-state index contributed by atoms with van der Waals surface area (Å²) in [6, 6.07) is 0.885. The van der Waals surface area contributed by atoms with E-state index in [-0.39, 0.29) is 17.2 Å². The lowest BCUT2D eigenvalue weighted by molar-refractivity contribution is 0.0737. The van der Waals surface area contributed by atoms with Crippen molar-refractivity contribution in [2.75, 3.05) is 37.8 Å². The van der Waals surface area contributed by atoms with Crippen LogP contribution in [0.5, 0.6) is 0 Å². The predicted octanol–water partition coefficient (Wildman–Crippen LogP) is 3.08. The zero-order valence-electron chi connectivity index (χ0n) is 13.0. The molecule has 4 nitrogen and oxygen atoms in total. The van der Waals surface area contributed by atoms with Crippen LogP contribution in [0.25, 0.3) is 0 Å². The number of halogens is 2. The summed E-state index contributed by atoms with van der Waals surface area (Å²) in [5.41, 5.74) is 0.0551. The molecule has 0 unspecified atom stereocenters. The van der Waals surface area contributed by atoms with E-state index in [9.17, 15) is 8.78 Å². The molecule has 1 aromatic heterocycles. The Morgan fingerprint density at radius 3 is 2.29 bits per heavy atom. The van der Waals surface area contributed by atoms with Crippen LogP contribution in [-0.2, 0) is 0 Å². The number of aromatic nitrogens is 1. The molecule has 6 heteroatoms. The molecule has 118 valence electrons. The van der Waals surface area contributed by atoms with Gasteiger partial charge in [-0.1, -0.05) is 6.92 Å². The van der Waals surface area contributed by atoms with Crippen LogP contribution in [0.15, 0.2) is 6.07 Å². The molecule has 1 fully saturated rings. The standard InChI is InChI=1S/C15H24F2N4/c1-4-8-18-13-11(16)9-12(17)14(20-13)19-10-15(21(2)3)6-5-7-15/h9H,4-8,10H2,1-3H3,(H2,18,19,20). The summed E-state index contributed by atoms with van der Waals surface area (Å²) in [4.78, 5) is 6.21. The van der Waals surface area contributed by atoms with E-state index in [1.165, 1.54) is 6.42 Å². The van der Waals surface area contributed by atoms with E-state index in [0.717, 1.165) is 25.3 Å². The first kappa shape index (κ1) is 15.9. The number of anilines is 2. The first-order valence-corrected chi connectivity index (χ1v) is 7.50. The molecule has 0 bridgehead atoms. The minimum Gasteiger partial charge on any atom is -0.368 e. The number of hydrogen-bond acceptors (Lipinski definition) is 4. The van der Waals surface area contributed by atoms with Crippen LogP contribution in [0.2, 0.25) is 0 Å². The smallest absolute Gasteiger partial charge is 0.168 e. The van der Waals surface area contributed by atoms with Gasteiger partial charge in [0.05, 0.1) is 0 Å². The summed E-state index contributed by atoms with van der Waals surface area (Å²) in [5, 5.41) is 5.92. The maximum absolute atomic E-state index is 13.8. The zero-order valence-corrected chi connectivity index (χ0v) is 13.0. The highest BCUT2D eigenvalue weighted by Crippen LogP contribution is 2.36. The molecule has 0 aliphatic heterocycles. The van der Waals surface area contributed by atoms with Crippen molar-refractivity contribution in [1.29, 1.82) is 0 Å². The summed E-state index contributed by atoms with van der Waals surface area (Å²) in [7, 11) is 4.06. The van der Waals surface area contributed by atoms with E-state index >= 15 is 0 Å². The van der Waals surface area contributed by atoms with Crippen LogP contribution in [0.4, 0.5) is 20.4 Å². The number of nitrogens with zero attached hydrogens (tertiary/aromatic N) is 2. The van der Waals surface area contributed by atoms with E-state index in [1.807, 2.05) is 21.0 Å². The summed E-state index contributed by atoms with van der Waals surface area (Å²) in [5.74, 6) is -1.09. The third-order valence-corrected chi connectivity index (χ3v) is 4.29. The predicted molar refractivity (Wildman–Crippen MR) is 81.7 cm³/mol. The second-order valence-corrected chi connectivity index (χ2v) is 5.90. The lowest BCUT2D eigenvalue weighted by Crippen LogP contribution is -2.54. The van der Waals surface area contributed by atoms with E-state index in [2.05, 4.69) is 20.5 Å². The van der Waals surface area contributed by atoms with Gasteiger partial charge in [-0.2, -0.15) is 0 Å². The molecule has 0 radical (unpaired) electrons. The summed E-state index contributed by atoms with van der Waals surface area (Å²) in [6.45, 7) is 3.20. The summed E-state index contributed by atoms with van der Waals surface area (Å²) < 4.78 is 27.5. The molecule has 1 aliphatic rings. The van der Waals surface area contributed by atoms with Crippen molar-refractivity contribution in [3.05, 3.63) is 17.7 Å². The Labute approximate surface area is 124 Å². The van der Waals surface area contributed by atoms with Gasteiger partial charge in [0.2, 0.25) is 0 Å². The van der Waals surface area contributed by atoms with Gasteiger partial charge in [-0.25, -0.2) is 13.8 Å². The van der Waals surface area contributed by atoms with Gasteiger partial charge in [0, 0.05) is 24.7 Å². The van der Waals surface area contributed by atoms with E-state index in [0.29, 0.717) is 13.1 Å². The fraction of sp³-hybridized carbons (Fsp3) is 0.667. The van der Waals surface area contributed by atoms with Gasteiger partial charge in [-0.15, -0.1) is 0 Å². The maximum Gasteiger partial charge on any atom is 0.168 e. The minimum atomic E-state index is -0.655. The van der Waals surface area contributed by atoms with Gasteiger partial charge >= 0.3 is 0 Å². The third kappa shape index (κ3) is 3.43. The molecule has 1 aliphatic carbocycles. The van der Waals surface area contributed by atoms with Gasteiger partial charge in [0.1, 0.15) is 0 Å². The Balaban J connectivity index is 2.08. The normalized spacial score (nSPS) is 16.7. The molecule has 0 spiro atoms. The van der Waals surface area contributed by atoms with Crippen molar-refractivity contribution in [3.63, 3.8) is 0 Å². The fourth-order valence-corrected chi connectivity index (χ4v) is 2.57. The Morgan fingerprint density at radius 1 is 1.19 bits per heavy atom. The van der Waals surface area contributed by atoms with Gasteiger partial charge in [0.25, 0.3) is 0 Å². The topological polar surface area (TPSA) is 40.2 Å². The van der Waals surface area contributed by atoms with E-state index in [1.54, 1.807) is 0 Å². The lowest BCUT2D eigenvalue weighted by Gasteiger charge is -2.47. The Bertz CT molecular complexity index is 487. The fourth-order valence-electron chi connectivity index (χ4n) is 2.57. The molecule has 0 amide bonds. The summed E-state index contributed by atoms with van der Waals surface area (Å²) in [6.07, 6.45) is 4.20. The van der Waals surface area contributed by atoms with E-state index < -0.39 is 11.6 Å².